The Kier molecular flexibility index (Phi) is 6.57. The number of hydrogen-bond acceptors (Lipinski definition) is 3. The lowest BCUT2D eigenvalue weighted by molar-refractivity contribution is -0.143. The lowest BCUT2D eigenvalue weighted by Crippen LogP contribution is -2.40. The normalized spacial score (nSPS) is 14.2. The van der Waals surface area contributed by atoms with Gasteiger partial charge in [0.2, 0.25) is 0 Å². The summed E-state index contributed by atoms with van der Waals surface area (Å²) < 4.78 is 4.85. The Morgan fingerprint density at radius 3 is 2.37 bits per heavy atom. The molecule has 3 nitrogen and oxygen atoms in total. The van der Waals surface area contributed by atoms with E-state index in [0.29, 0.717) is 11.8 Å². The van der Waals surface area contributed by atoms with Gasteiger partial charge in [0.05, 0.1) is 7.11 Å². The molecular formula is C16H25NO2. The van der Waals surface area contributed by atoms with Crippen molar-refractivity contribution in [1.82, 2.24) is 5.32 Å². The zero-order valence-corrected chi connectivity index (χ0v) is 12.3. The van der Waals surface area contributed by atoms with Crippen LogP contribution in [0, 0.1) is 5.92 Å². The summed E-state index contributed by atoms with van der Waals surface area (Å²) in [5.74, 6) is 0.665. The highest BCUT2D eigenvalue weighted by Gasteiger charge is 2.20. The van der Waals surface area contributed by atoms with Gasteiger partial charge in [0.25, 0.3) is 0 Å². The molecule has 0 aromatic heterocycles. The Labute approximate surface area is 116 Å². The Morgan fingerprint density at radius 1 is 1.21 bits per heavy atom. The number of methoxy groups -OCH3 is 1. The molecule has 0 saturated carbocycles. The summed E-state index contributed by atoms with van der Waals surface area (Å²) in [6.45, 7) is 7.15. The topological polar surface area (TPSA) is 38.3 Å². The number of rotatable bonds is 7. The molecule has 0 spiro atoms. The van der Waals surface area contributed by atoms with Gasteiger partial charge in [0.15, 0.2) is 0 Å². The van der Waals surface area contributed by atoms with Crippen molar-refractivity contribution in [3.8, 4) is 0 Å². The van der Waals surface area contributed by atoms with Crippen LogP contribution in [-0.2, 0) is 9.53 Å². The van der Waals surface area contributed by atoms with Crippen LogP contribution in [0.1, 0.15) is 38.7 Å². The molecule has 0 bridgehead atoms. The van der Waals surface area contributed by atoms with E-state index < -0.39 is 0 Å². The third-order valence-electron chi connectivity index (χ3n) is 3.23. The SMILES string of the molecule is COC(=O)C(CC(C)C)NCC(C)c1ccccc1. The van der Waals surface area contributed by atoms with Crippen LogP contribution in [0.2, 0.25) is 0 Å². The summed E-state index contributed by atoms with van der Waals surface area (Å²) in [6.07, 6.45) is 0.800. The minimum atomic E-state index is -0.212. The molecule has 1 aromatic carbocycles. The van der Waals surface area contributed by atoms with Crippen molar-refractivity contribution in [2.75, 3.05) is 13.7 Å². The smallest absolute Gasteiger partial charge is 0.322 e. The van der Waals surface area contributed by atoms with E-state index in [1.165, 1.54) is 12.7 Å². The van der Waals surface area contributed by atoms with Crippen LogP contribution < -0.4 is 5.32 Å². The van der Waals surface area contributed by atoms with Crippen LogP contribution in [0.3, 0.4) is 0 Å². The number of ether oxygens (including phenoxy) is 1. The van der Waals surface area contributed by atoms with Crippen molar-refractivity contribution in [1.29, 1.82) is 0 Å². The molecule has 0 fully saturated rings. The van der Waals surface area contributed by atoms with Gasteiger partial charge in [-0.1, -0.05) is 51.1 Å². The van der Waals surface area contributed by atoms with Crippen LogP contribution in [0.15, 0.2) is 30.3 Å². The van der Waals surface area contributed by atoms with Gasteiger partial charge in [-0.3, -0.25) is 4.79 Å². The highest BCUT2D eigenvalue weighted by Crippen LogP contribution is 2.14. The maximum absolute atomic E-state index is 11.7. The first-order valence-corrected chi connectivity index (χ1v) is 6.90. The number of benzene rings is 1. The van der Waals surface area contributed by atoms with E-state index in [1.807, 2.05) is 18.2 Å². The van der Waals surface area contributed by atoms with E-state index in [2.05, 4.69) is 38.2 Å². The molecule has 0 radical (unpaired) electrons. The molecule has 1 N–H and O–H groups in total. The molecular weight excluding hydrogens is 238 g/mol. The van der Waals surface area contributed by atoms with Gasteiger partial charge < -0.3 is 10.1 Å². The molecule has 3 heteroatoms. The highest BCUT2D eigenvalue weighted by molar-refractivity contribution is 5.75. The largest absolute Gasteiger partial charge is 0.468 e. The molecule has 0 saturated heterocycles. The van der Waals surface area contributed by atoms with Crippen molar-refractivity contribution >= 4 is 5.97 Å². The van der Waals surface area contributed by atoms with Crippen molar-refractivity contribution < 1.29 is 9.53 Å². The van der Waals surface area contributed by atoms with Gasteiger partial charge in [-0.15, -0.1) is 0 Å². The zero-order chi connectivity index (χ0) is 14.3. The van der Waals surface area contributed by atoms with Crippen LogP contribution in [0.5, 0.6) is 0 Å². The number of carbonyl (C=O) groups is 1. The van der Waals surface area contributed by atoms with Gasteiger partial charge in [0, 0.05) is 6.54 Å². The van der Waals surface area contributed by atoms with E-state index in [1.54, 1.807) is 0 Å². The average molecular weight is 263 g/mol. The van der Waals surface area contributed by atoms with Crippen molar-refractivity contribution in [2.24, 2.45) is 5.92 Å². The second-order valence-electron chi connectivity index (χ2n) is 5.43. The lowest BCUT2D eigenvalue weighted by atomic mass is 9.99. The fourth-order valence-electron chi connectivity index (χ4n) is 2.10. The summed E-state index contributed by atoms with van der Waals surface area (Å²) in [6, 6.07) is 10.1. The summed E-state index contributed by atoms with van der Waals surface area (Å²) in [5.41, 5.74) is 1.28. The van der Waals surface area contributed by atoms with Crippen LogP contribution in [-0.4, -0.2) is 25.7 Å². The van der Waals surface area contributed by atoms with E-state index in [4.69, 9.17) is 4.74 Å². The number of hydrogen-bond donors (Lipinski definition) is 1. The van der Waals surface area contributed by atoms with E-state index in [9.17, 15) is 4.79 Å². The minimum Gasteiger partial charge on any atom is -0.468 e. The number of nitrogens with one attached hydrogen (secondary N) is 1. The third-order valence-corrected chi connectivity index (χ3v) is 3.23. The van der Waals surface area contributed by atoms with Crippen LogP contribution in [0.25, 0.3) is 0 Å². The van der Waals surface area contributed by atoms with E-state index in [-0.39, 0.29) is 12.0 Å². The molecule has 1 rings (SSSR count). The molecule has 2 atom stereocenters. The maximum Gasteiger partial charge on any atom is 0.322 e. The standard InChI is InChI=1S/C16H25NO2/c1-12(2)10-15(16(18)19-4)17-11-13(3)14-8-6-5-7-9-14/h5-9,12-13,15,17H,10-11H2,1-4H3. The first kappa shape index (κ1) is 15.7. The quantitative estimate of drug-likeness (QED) is 0.769. The fraction of sp³-hybridized carbons (Fsp3) is 0.562. The van der Waals surface area contributed by atoms with Crippen molar-refractivity contribution in [3.05, 3.63) is 35.9 Å². The first-order valence-electron chi connectivity index (χ1n) is 6.90. The van der Waals surface area contributed by atoms with Crippen LogP contribution >= 0.6 is 0 Å². The molecule has 0 aliphatic rings. The molecule has 19 heavy (non-hydrogen) atoms. The van der Waals surface area contributed by atoms with Gasteiger partial charge in [-0.05, 0) is 23.8 Å². The van der Waals surface area contributed by atoms with E-state index >= 15 is 0 Å². The second kappa shape index (κ2) is 7.95. The predicted octanol–water partition coefficient (Wildman–Crippen LogP) is 2.97. The molecule has 106 valence electrons. The van der Waals surface area contributed by atoms with Crippen LogP contribution in [0.4, 0.5) is 0 Å². The average Bonchev–Trinajstić information content (AvgIpc) is 2.42. The van der Waals surface area contributed by atoms with Gasteiger partial charge in [0.1, 0.15) is 6.04 Å². The lowest BCUT2D eigenvalue weighted by Gasteiger charge is -2.21. The first-order chi connectivity index (χ1) is 9.04. The maximum atomic E-state index is 11.7. The Hall–Kier alpha value is -1.35. The molecule has 0 amide bonds. The fourth-order valence-corrected chi connectivity index (χ4v) is 2.10. The highest BCUT2D eigenvalue weighted by atomic mass is 16.5. The molecule has 2 unspecified atom stereocenters. The molecule has 1 aromatic rings. The Balaban J connectivity index is 2.53. The molecule has 0 aliphatic heterocycles. The molecule has 0 heterocycles. The van der Waals surface area contributed by atoms with Crippen molar-refractivity contribution in [2.45, 2.75) is 39.2 Å². The van der Waals surface area contributed by atoms with Gasteiger partial charge in [-0.25, -0.2) is 0 Å². The van der Waals surface area contributed by atoms with Crippen molar-refractivity contribution in [3.63, 3.8) is 0 Å². The summed E-state index contributed by atoms with van der Waals surface area (Å²) in [4.78, 5) is 11.7. The predicted molar refractivity (Wildman–Crippen MR) is 78.1 cm³/mol. The third kappa shape index (κ3) is 5.43. The monoisotopic (exact) mass is 263 g/mol. The molecule has 0 aliphatic carbocycles. The van der Waals surface area contributed by atoms with E-state index in [0.717, 1.165) is 13.0 Å². The van der Waals surface area contributed by atoms with Gasteiger partial charge in [-0.2, -0.15) is 0 Å². The second-order valence-corrected chi connectivity index (χ2v) is 5.43. The number of carbonyl (C=O) groups excluding carboxylic acids is 1. The number of esters is 1. The Bertz CT molecular complexity index is 376. The summed E-state index contributed by atoms with van der Waals surface area (Å²) >= 11 is 0. The summed E-state index contributed by atoms with van der Waals surface area (Å²) in [5, 5.41) is 3.33. The Morgan fingerprint density at radius 2 is 1.84 bits per heavy atom. The minimum absolute atomic E-state index is 0.172. The summed E-state index contributed by atoms with van der Waals surface area (Å²) in [7, 11) is 1.44. The van der Waals surface area contributed by atoms with Gasteiger partial charge >= 0.3 is 5.97 Å². The zero-order valence-electron chi connectivity index (χ0n) is 12.3.